The van der Waals surface area contributed by atoms with Crippen molar-refractivity contribution in [1.82, 2.24) is 9.97 Å². The van der Waals surface area contributed by atoms with E-state index in [0.29, 0.717) is 12.5 Å². The minimum Gasteiger partial charge on any atom is -0.478 e. The van der Waals surface area contributed by atoms with Crippen LogP contribution in [-0.2, 0) is 0 Å². The number of thioether (sulfide) groups is 1. The lowest BCUT2D eigenvalue weighted by molar-refractivity contribution is 0.288. The molecular weight excluding hydrogens is 250 g/mol. The second-order valence-electron chi connectivity index (χ2n) is 3.98. The molecule has 0 spiro atoms. The predicted octanol–water partition coefficient (Wildman–Crippen LogP) is 1.71. The molecule has 102 valence electrons. The number of hydrogen-bond acceptors (Lipinski definition) is 6. The molecule has 1 heterocycles. The number of nitrogens with zero attached hydrogens (tertiary/aromatic N) is 2. The average Bonchev–Trinajstić information content (AvgIpc) is 2.36. The highest BCUT2D eigenvalue weighted by Crippen LogP contribution is 2.22. The van der Waals surface area contributed by atoms with Crippen LogP contribution in [0.3, 0.4) is 0 Å². The average molecular weight is 271 g/mol. The first-order valence-electron chi connectivity index (χ1n) is 5.98. The third-order valence-corrected chi connectivity index (χ3v) is 3.89. The lowest BCUT2D eigenvalue weighted by Crippen LogP contribution is -2.31. The van der Waals surface area contributed by atoms with Crippen molar-refractivity contribution in [3.8, 4) is 5.88 Å². The van der Waals surface area contributed by atoms with Crippen molar-refractivity contribution in [1.29, 1.82) is 0 Å². The Labute approximate surface area is 112 Å². The highest BCUT2D eigenvalue weighted by atomic mass is 32.2. The van der Waals surface area contributed by atoms with Crippen molar-refractivity contribution in [3.05, 3.63) is 11.9 Å². The van der Waals surface area contributed by atoms with Crippen LogP contribution >= 0.6 is 11.8 Å². The number of aromatic nitrogens is 2. The van der Waals surface area contributed by atoms with E-state index in [0.717, 1.165) is 11.4 Å². The predicted molar refractivity (Wildman–Crippen MR) is 75.4 cm³/mol. The van der Waals surface area contributed by atoms with Crippen LogP contribution in [0.15, 0.2) is 6.33 Å². The van der Waals surface area contributed by atoms with Crippen molar-refractivity contribution >= 4 is 17.6 Å². The van der Waals surface area contributed by atoms with E-state index in [2.05, 4.69) is 15.3 Å². The van der Waals surface area contributed by atoms with Gasteiger partial charge in [-0.1, -0.05) is 0 Å². The summed E-state index contributed by atoms with van der Waals surface area (Å²) in [5, 5.41) is 12.7. The van der Waals surface area contributed by atoms with Crippen LogP contribution < -0.4 is 10.1 Å². The monoisotopic (exact) mass is 271 g/mol. The first kappa shape index (κ1) is 15.0. The highest BCUT2D eigenvalue weighted by molar-refractivity contribution is 7.99. The molecule has 0 aliphatic heterocycles. The van der Waals surface area contributed by atoms with E-state index in [1.165, 1.54) is 6.33 Å². The van der Waals surface area contributed by atoms with E-state index in [1.54, 1.807) is 11.8 Å². The van der Waals surface area contributed by atoms with Crippen LogP contribution in [0.5, 0.6) is 5.88 Å². The number of rotatable bonds is 7. The number of hydrogen-bond donors (Lipinski definition) is 2. The van der Waals surface area contributed by atoms with Crippen LogP contribution in [0, 0.1) is 6.92 Å². The standard InChI is InChI=1S/C12H21N3O2S/c1-5-17-12-8(2)11(13-7-14-12)15-9(3)10(6-16)18-4/h7,9-10,16H,5-6H2,1-4H3,(H,13,14,15). The molecule has 0 saturated carbocycles. The van der Waals surface area contributed by atoms with E-state index in [9.17, 15) is 5.11 Å². The molecule has 5 nitrogen and oxygen atoms in total. The molecule has 0 aliphatic rings. The molecule has 1 rings (SSSR count). The van der Waals surface area contributed by atoms with Gasteiger partial charge in [-0.05, 0) is 27.0 Å². The molecule has 1 aromatic heterocycles. The van der Waals surface area contributed by atoms with E-state index >= 15 is 0 Å². The fourth-order valence-corrected chi connectivity index (χ4v) is 2.23. The van der Waals surface area contributed by atoms with E-state index in [-0.39, 0.29) is 17.9 Å². The summed E-state index contributed by atoms with van der Waals surface area (Å²) in [4.78, 5) is 8.31. The third kappa shape index (κ3) is 3.74. The molecule has 0 radical (unpaired) electrons. The Morgan fingerprint density at radius 2 is 2.22 bits per heavy atom. The molecule has 18 heavy (non-hydrogen) atoms. The van der Waals surface area contributed by atoms with E-state index in [1.807, 2.05) is 27.0 Å². The van der Waals surface area contributed by atoms with Crippen LogP contribution in [0.1, 0.15) is 19.4 Å². The fourth-order valence-electron chi connectivity index (χ4n) is 1.61. The molecule has 0 fully saturated rings. The molecule has 2 atom stereocenters. The Hall–Kier alpha value is -1.01. The van der Waals surface area contributed by atoms with Gasteiger partial charge in [0.25, 0.3) is 0 Å². The molecule has 0 aliphatic carbocycles. The van der Waals surface area contributed by atoms with E-state index in [4.69, 9.17) is 4.74 Å². The Bertz CT molecular complexity index is 372. The lowest BCUT2D eigenvalue weighted by atomic mass is 10.2. The van der Waals surface area contributed by atoms with Crippen molar-refractivity contribution in [3.63, 3.8) is 0 Å². The second-order valence-corrected chi connectivity index (χ2v) is 5.05. The Balaban J connectivity index is 2.81. The van der Waals surface area contributed by atoms with Gasteiger partial charge in [0.05, 0.1) is 18.8 Å². The molecule has 1 aromatic rings. The number of aliphatic hydroxyl groups excluding tert-OH is 1. The van der Waals surface area contributed by atoms with Gasteiger partial charge < -0.3 is 15.2 Å². The summed E-state index contributed by atoms with van der Waals surface area (Å²) in [7, 11) is 0. The smallest absolute Gasteiger partial charge is 0.221 e. The normalized spacial score (nSPS) is 14.1. The highest BCUT2D eigenvalue weighted by Gasteiger charge is 2.17. The molecule has 2 N–H and O–H groups in total. The second kappa shape index (κ2) is 7.43. The van der Waals surface area contributed by atoms with Crippen LogP contribution in [0.4, 0.5) is 5.82 Å². The molecular formula is C12H21N3O2S. The summed E-state index contributed by atoms with van der Waals surface area (Å²) in [6, 6.07) is 0.119. The minimum atomic E-state index is 0.119. The minimum absolute atomic E-state index is 0.119. The first-order valence-corrected chi connectivity index (χ1v) is 7.27. The maximum Gasteiger partial charge on any atom is 0.221 e. The zero-order valence-electron chi connectivity index (χ0n) is 11.3. The molecule has 2 unspecified atom stereocenters. The number of anilines is 1. The lowest BCUT2D eigenvalue weighted by Gasteiger charge is -2.22. The third-order valence-electron chi connectivity index (χ3n) is 2.72. The topological polar surface area (TPSA) is 67.3 Å². The summed E-state index contributed by atoms with van der Waals surface area (Å²) >= 11 is 1.63. The van der Waals surface area contributed by atoms with Crippen molar-refractivity contribution in [2.75, 3.05) is 24.8 Å². The van der Waals surface area contributed by atoms with Crippen molar-refractivity contribution < 1.29 is 9.84 Å². The maximum atomic E-state index is 9.26. The van der Waals surface area contributed by atoms with Gasteiger partial charge in [0.2, 0.25) is 5.88 Å². The van der Waals surface area contributed by atoms with Crippen LogP contribution in [0.25, 0.3) is 0 Å². The fraction of sp³-hybridized carbons (Fsp3) is 0.667. The Morgan fingerprint density at radius 1 is 1.50 bits per heavy atom. The van der Waals surface area contributed by atoms with Crippen LogP contribution in [0.2, 0.25) is 0 Å². The number of aliphatic hydroxyl groups is 1. The van der Waals surface area contributed by atoms with Gasteiger partial charge in [-0.15, -0.1) is 0 Å². The Kier molecular flexibility index (Phi) is 6.21. The number of ether oxygens (including phenoxy) is 1. The van der Waals surface area contributed by atoms with Gasteiger partial charge in [-0.25, -0.2) is 9.97 Å². The molecule has 0 saturated heterocycles. The van der Waals surface area contributed by atoms with Crippen molar-refractivity contribution in [2.45, 2.75) is 32.1 Å². The number of nitrogens with one attached hydrogen (secondary N) is 1. The van der Waals surface area contributed by atoms with Gasteiger partial charge in [-0.3, -0.25) is 0 Å². The van der Waals surface area contributed by atoms with Gasteiger partial charge in [0.15, 0.2) is 0 Å². The van der Waals surface area contributed by atoms with Gasteiger partial charge in [0, 0.05) is 11.3 Å². The molecule has 0 aromatic carbocycles. The zero-order chi connectivity index (χ0) is 13.5. The summed E-state index contributed by atoms with van der Waals surface area (Å²) in [5.74, 6) is 1.36. The van der Waals surface area contributed by atoms with E-state index < -0.39 is 0 Å². The first-order chi connectivity index (χ1) is 8.63. The largest absolute Gasteiger partial charge is 0.478 e. The maximum absolute atomic E-state index is 9.26. The van der Waals surface area contributed by atoms with Crippen LogP contribution in [-0.4, -0.2) is 45.8 Å². The summed E-state index contributed by atoms with van der Waals surface area (Å²) in [6.45, 7) is 6.59. The molecule has 0 amide bonds. The van der Waals surface area contributed by atoms with Gasteiger partial charge >= 0.3 is 0 Å². The summed E-state index contributed by atoms with van der Waals surface area (Å²) < 4.78 is 5.43. The Morgan fingerprint density at radius 3 is 2.78 bits per heavy atom. The van der Waals surface area contributed by atoms with Gasteiger partial charge in [-0.2, -0.15) is 11.8 Å². The van der Waals surface area contributed by atoms with Crippen molar-refractivity contribution in [2.24, 2.45) is 0 Å². The van der Waals surface area contributed by atoms with Gasteiger partial charge in [0.1, 0.15) is 12.1 Å². The summed E-state index contributed by atoms with van der Waals surface area (Å²) in [6.07, 6.45) is 3.47. The zero-order valence-corrected chi connectivity index (χ0v) is 12.1. The molecule has 6 heteroatoms. The SMILES string of the molecule is CCOc1ncnc(NC(C)C(CO)SC)c1C. The molecule has 0 bridgehead atoms. The quantitative estimate of drug-likeness (QED) is 0.787. The summed E-state index contributed by atoms with van der Waals surface area (Å²) in [5.41, 5.74) is 0.893.